The zero-order valence-electron chi connectivity index (χ0n) is 9.32. The zero-order valence-corrected chi connectivity index (χ0v) is 9.32. The summed E-state index contributed by atoms with van der Waals surface area (Å²) in [7, 11) is 0. The highest BCUT2D eigenvalue weighted by atomic mass is 16.3. The van der Waals surface area contributed by atoms with Crippen molar-refractivity contribution in [1.29, 1.82) is 0 Å². The van der Waals surface area contributed by atoms with Crippen LogP contribution in [0.5, 0.6) is 0 Å². The number of piperidine rings is 1. The molecule has 0 aromatic heterocycles. The van der Waals surface area contributed by atoms with Crippen LogP contribution in [0, 0.1) is 6.92 Å². The molecule has 1 aliphatic heterocycles. The molecule has 1 fully saturated rings. The van der Waals surface area contributed by atoms with Gasteiger partial charge in [-0.15, -0.1) is 0 Å². The Balaban J connectivity index is 1.93. The third-order valence-corrected chi connectivity index (χ3v) is 3.01. The molecule has 2 nitrogen and oxygen atoms in total. The molecule has 0 spiro atoms. The average Bonchev–Trinajstić information content (AvgIpc) is 2.22. The van der Waals surface area contributed by atoms with E-state index >= 15 is 0 Å². The van der Waals surface area contributed by atoms with E-state index < -0.39 is 0 Å². The van der Waals surface area contributed by atoms with Crippen LogP contribution in [0.3, 0.4) is 0 Å². The van der Waals surface area contributed by atoms with Gasteiger partial charge in [-0.3, -0.25) is 4.90 Å². The monoisotopic (exact) mass is 205 g/mol. The maximum Gasteiger partial charge on any atom is 0.0667 e. The average molecular weight is 205 g/mol. The van der Waals surface area contributed by atoms with Crippen molar-refractivity contribution in [2.45, 2.75) is 32.4 Å². The lowest BCUT2D eigenvalue weighted by atomic mass is 10.1. The number of aliphatic hydroxyl groups excluding tert-OH is 1. The highest BCUT2D eigenvalue weighted by molar-refractivity contribution is 5.21. The highest BCUT2D eigenvalue weighted by Gasteiger charge is 2.17. The Morgan fingerprint density at radius 3 is 2.73 bits per heavy atom. The Kier molecular flexibility index (Phi) is 3.39. The fraction of sp³-hybridized carbons (Fsp3) is 0.538. The van der Waals surface area contributed by atoms with E-state index in [9.17, 15) is 5.11 Å². The van der Waals surface area contributed by atoms with Gasteiger partial charge < -0.3 is 5.11 Å². The van der Waals surface area contributed by atoms with Crippen LogP contribution in [-0.4, -0.2) is 29.2 Å². The van der Waals surface area contributed by atoms with Crippen molar-refractivity contribution in [3.8, 4) is 0 Å². The van der Waals surface area contributed by atoms with E-state index in [2.05, 4.69) is 36.1 Å². The normalized spacial score (nSPS) is 22.9. The number of hydrogen-bond acceptors (Lipinski definition) is 2. The van der Waals surface area contributed by atoms with E-state index in [1.165, 1.54) is 11.1 Å². The van der Waals surface area contributed by atoms with Crippen molar-refractivity contribution in [2.75, 3.05) is 13.1 Å². The van der Waals surface area contributed by atoms with Crippen LogP contribution < -0.4 is 0 Å². The quantitative estimate of drug-likeness (QED) is 0.797. The molecule has 2 rings (SSSR count). The molecule has 1 aliphatic rings. The summed E-state index contributed by atoms with van der Waals surface area (Å²) in [6.07, 6.45) is 1.96. The second-order valence-corrected chi connectivity index (χ2v) is 4.52. The van der Waals surface area contributed by atoms with Gasteiger partial charge in [0.2, 0.25) is 0 Å². The molecule has 15 heavy (non-hydrogen) atoms. The van der Waals surface area contributed by atoms with Crippen LogP contribution in [0.15, 0.2) is 24.3 Å². The third-order valence-electron chi connectivity index (χ3n) is 3.01. The lowest BCUT2D eigenvalue weighted by Crippen LogP contribution is -2.37. The van der Waals surface area contributed by atoms with Crippen molar-refractivity contribution >= 4 is 0 Å². The first kappa shape index (κ1) is 10.7. The number of likely N-dealkylation sites (tertiary alicyclic amines) is 1. The predicted octanol–water partition coefficient (Wildman–Crippen LogP) is 1.95. The van der Waals surface area contributed by atoms with Gasteiger partial charge in [0.05, 0.1) is 6.10 Å². The summed E-state index contributed by atoms with van der Waals surface area (Å²) in [5, 5.41) is 9.56. The molecule has 1 unspecified atom stereocenters. The number of hydrogen-bond donors (Lipinski definition) is 1. The molecule has 0 radical (unpaired) electrons. The SMILES string of the molecule is Cc1ccc(CN2CCCC(O)C2)cc1. The second kappa shape index (κ2) is 4.77. The van der Waals surface area contributed by atoms with Crippen molar-refractivity contribution in [1.82, 2.24) is 4.90 Å². The van der Waals surface area contributed by atoms with Crippen LogP contribution in [0.4, 0.5) is 0 Å². The Labute approximate surface area is 91.5 Å². The minimum Gasteiger partial charge on any atom is -0.392 e. The number of rotatable bonds is 2. The van der Waals surface area contributed by atoms with E-state index in [0.717, 1.165) is 32.5 Å². The first-order valence-electron chi connectivity index (χ1n) is 5.70. The minimum absolute atomic E-state index is 0.121. The Morgan fingerprint density at radius 1 is 1.33 bits per heavy atom. The van der Waals surface area contributed by atoms with Crippen molar-refractivity contribution in [3.05, 3.63) is 35.4 Å². The Morgan fingerprint density at radius 2 is 2.07 bits per heavy atom. The van der Waals surface area contributed by atoms with Gasteiger partial charge in [-0.25, -0.2) is 0 Å². The van der Waals surface area contributed by atoms with Gasteiger partial charge >= 0.3 is 0 Å². The fourth-order valence-electron chi connectivity index (χ4n) is 2.13. The molecule has 0 amide bonds. The highest BCUT2D eigenvalue weighted by Crippen LogP contribution is 2.13. The summed E-state index contributed by atoms with van der Waals surface area (Å²) in [5.41, 5.74) is 2.65. The van der Waals surface area contributed by atoms with Gasteiger partial charge in [0, 0.05) is 13.1 Å². The molecule has 0 bridgehead atoms. The topological polar surface area (TPSA) is 23.5 Å². The predicted molar refractivity (Wildman–Crippen MR) is 61.7 cm³/mol. The van der Waals surface area contributed by atoms with Crippen LogP contribution in [0.25, 0.3) is 0 Å². The number of β-amino-alcohol motifs (C(OH)–C–C–N with tert-alkyl or cyclic N) is 1. The lowest BCUT2D eigenvalue weighted by Gasteiger charge is -2.29. The van der Waals surface area contributed by atoms with Gasteiger partial charge in [0.15, 0.2) is 0 Å². The summed E-state index contributed by atoms with van der Waals surface area (Å²) >= 11 is 0. The number of aryl methyl sites for hydroxylation is 1. The molecule has 1 aromatic rings. The number of aliphatic hydroxyl groups is 1. The van der Waals surface area contributed by atoms with E-state index in [4.69, 9.17) is 0 Å². The molecule has 2 heteroatoms. The summed E-state index contributed by atoms with van der Waals surface area (Å²) in [6, 6.07) is 8.65. The van der Waals surface area contributed by atoms with Gasteiger partial charge in [-0.2, -0.15) is 0 Å². The van der Waals surface area contributed by atoms with Crippen LogP contribution in [-0.2, 0) is 6.54 Å². The maximum atomic E-state index is 9.56. The van der Waals surface area contributed by atoms with E-state index in [0.29, 0.717) is 0 Å². The molecule has 1 aromatic carbocycles. The minimum atomic E-state index is -0.121. The first-order valence-corrected chi connectivity index (χ1v) is 5.70. The Hall–Kier alpha value is -0.860. The van der Waals surface area contributed by atoms with E-state index in [1.807, 2.05) is 0 Å². The molecule has 0 saturated carbocycles. The summed E-state index contributed by atoms with van der Waals surface area (Å²) in [6.45, 7) is 5.02. The molecule has 0 aliphatic carbocycles. The van der Waals surface area contributed by atoms with Crippen LogP contribution in [0.2, 0.25) is 0 Å². The zero-order chi connectivity index (χ0) is 10.7. The largest absolute Gasteiger partial charge is 0.392 e. The molecule has 82 valence electrons. The second-order valence-electron chi connectivity index (χ2n) is 4.52. The van der Waals surface area contributed by atoms with Crippen molar-refractivity contribution in [2.24, 2.45) is 0 Å². The third kappa shape index (κ3) is 3.05. The molecule has 1 atom stereocenters. The molecule has 1 saturated heterocycles. The maximum absolute atomic E-state index is 9.56. The van der Waals surface area contributed by atoms with Gasteiger partial charge in [0.25, 0.3) is 0 Å². The fourth-order valence-corrected chi connectivity index (χ4v) is 2.13. The standard InChI is InChI=1S/C13H19NO/c1-11-4-6-12(7-5-11)9-14-8-2-3-13(15)10-14/h4-7,13,15H,2-3,8-10H2,1H3. The summed E-state index contributed by atoms with van der Waals surface area (Å²) in [4.78, 5) is 2.33. The first-order chi connectivity index (χ1) is 7.24. The van der Waals surface area contributed by atoms with E-state index in [1.54, 1.807) is 0 Å². The van der Waals surface area contributed by atoms with Gasteiger partial charge in [-0.05, 0) is 31.9 Å². The van der Waals surface area contributed by atoms with Crippen LogP contribution >= 0.6 is 0 Å². The summed E-state index contributed by atoms with van der Waals surface area (Å²) in [5.74, 6) is 0. The Bertz CT molecular complexity index is 307. The number of benzene rings is 1. The van der Waals surface area contributed by atoms with Crippen molar-refractivity contribution < 1.29 is 5.11 Å². The molecule has 1 N–H and O–H groups in total. The number of nitrogens with zero attached hydrogens (tertiary/aromatic N) is 1. The summed E-state index contributed by atoms with van der Waals surface area (Å²) < 4.78 is 0. The van der Waals surface area contributed by atoms with Crippen molar-refractivity contribution in [3.63, 3.8) is 0 Å². The van der Waals surface area contributed by atoms with Crippen LogP contribution in [0.1, 0.15) is 24.0 Å². The molecular weight excluding hydrogens is 186 g/mol. The lowest BCUT2D eigenvalue weighted by molar-refractivity contribution is 0.0668. The smallest absolute Gasteiger partial charge is 0.0667 e. The molecule has 1 heterocycles. The molecular formula is C13H19NO. The van der Waals surface area contributed by atoms with Gasteiger partial charge in [0.1, 0.15) is 0 Å². The van der Waals surface area contributed by atoms with Gasteiger partial charge in [-0.1, -0.05) is 29.8 Å². The van der Waals surface area contributed by atoms with E-state index in [-0.39, 0.29) is 6.10 Å².